The molecule has 0 aromatic heterocycles. The average molecular weight is 413 g/mol. The van der Waals surface area contributed by atoms with Crippen LogP contribution in [0.3, 0.4) is 0 Å². The molecule has 0 aromatic carbocycles. The number of nitriles is 1. The van der Waals surface area contributed by atoms with Gasteiger partial charge < -0.3 is 20.7 Å². The zero-order valence-electron chi connectivity index (χ0n) is 17.7. The molecule has 162 valence electrons. The van der Waals surface area contributed by atoms with Crippen LogP contribution in [0.1, 0.15) is 64.2 Å². The quantitative estimate of drug-likeness (QED) is 0.662. The van der Waals surface area contributed by atoms with Crippen molar-refractivity contribution in [1.82, 2.24) is 10.2 Å². The molecule has 7 nitrogen and oxygen atoms in total. The van der Waals surface area contributed by atoms with Crippen LogP contribution < -0.4 is 11.1 Å². The largest absolute Gasteiger partial charge is 0.458 e. The van der Waals surface area contributed by atoms with E-state index in [1.54, 1.807) is 0 Å². The second-order valence-electron chi connectivity index (χ2n) is 11.4. The van der Waals surface area contributed by atoms with Gasteiger partial charge in [0.15, 0.2) is 0 Å². The van der Waals surface area contributed by atoms with E-state index in [-0.39, 0.29) is 29.4 Å². The molecule has 1 amide bonds. The highest BCUT2D eigenvalue weighted by atomic mass is 16.6. The molecule has 0 spiro atoms. The van der Waals surface area contributed by atoms with Gasteiger partial charge in [-0.1, -0.05) is 0 Å². The number of likely N-dealkylation sites (tertiary alicyclic amines) is 1. The van der Waals surface area contributed by atoms with Crippen molar-refractivity contribution in [2.45, 2.75) is 93.5 Å². The third kappa shape index (κ3) is 2.56. The number of hydrogen-bond donors (Lipinski definition) is 2. The lowest BCUT2D eigenvalue weighted by Crippen LogP contribution is -2.66. The maximum atomic E-state index is 13.5. The number of carbonyl (C=O) groups excluding carboxylic acids is 2. The van der Waals surface area contributed by atoms with Crippen molar-refractivity contribution in [1.29, 1.82) is 5.26 Å². The summed E-state index contributed by atoms with van der Waals surface area (Å²) >= 11 is 0. The fourth-order valence-corrected chi connectivity index (χ4v) is 8.02. The number of nitrogens with one attached hydrogen (secondary N) is 1. The Morgan fingerprint density at radius 3 is 2.47 bits per heavy atom. The van der Waals surface area contributed by atoms with E-state index < -0.39 is 17.2 Å². The van der Waals surface area contributed by atoms with E-state index in [4.69, 9.17) is 10.5 Å². The van der Waals surface area contributed by atoms with E-state index in [0.29, 0.717) is 24.2 Å². The molecule has 7 heteroatoms. The molecule has 4 bridgehead atoms. The third-order valence-electron chi connectivity index (χ3n) is 9.41. The second kappa shape index (κ2) is 5.98. The van der Waals surface area contributed by atoms with E-state index in [2.05, 4.69) is 11.4 Å². The number of piperidine rings is 1. The van der Waals surface area contributed by atoms with E-state index in [0.717, 1.165) is 57.8 Å². The molecule has 5 unspecified atom stereocenters. The number of nitrogens with zero attached hydrogens (tertiary/aromatic N) is 2. The van der Waals surface area contributed by atoms with Crippen molar-refractivity contribution in [2.75, 3.05) is 7.05 Å². The first kappa shape index (κ1) is 19.1. The van der Waals surface area contributed by atoms with E-state index in [9.17, 15) is 14.9 Å². The Labute approximate surface area is 177 Å². The van der Waals surface area contributed by atoms with Crippen LogP contribution in [0.15, 0.2) is 0 Å². The third-order valence-corrected chi connectivity index (χ3v) is 9.41. The Morgan fingerprint density at radius 2 is 1.87 bits per heavy atom. The summed E-state index contributed by atoms with van der Waals surface area (Å²) in [5, 5.41) is 12.7. The van der Waals surface area contributed by atoms with Crippen LogP contribution in [0.5, 0.6) is 0 Å². The molecule has 3 N–H and O–H groups in total. The summed E-state index contributed by atoms with van der Waals surface area (Å²) in [6, 6.07) is 1.62. The number of nitrogens with two attached hydrogens (primary N) is 1. The van der Waals surface area contributed by atoms with Crippen LogP contribution >= 0.6 is 0 Å². The van der Waals surface area contributed by atoms with Crippen molar-refractivity contribution in [3.63, 3.8) is 0 Å². The number of ether oxygens (including phenoxy) is 1. The molecule has 0 aromatic rings. The lowest BCUT2D eigenvalue weighted by molar-refractivity contribution is -0.208. The number of hydrogen-bond acceptors (Lipinski definition) is 6. The highest BCUT2D eigenvalue weighted by molar-refractivity contribution is 5.85. The van der Waals surface area contributed by atoms with Crippen LogP contribution in [-0.2, 0) is 14.3 Å². The first-order valence-electron chi connectivity index (χ1n) is 11.7. The van der Waals surface area contributed by atoms with Crippen molar-refractivity contribution in [2.24, 2.45) is 28.9 Å². The summed E-state index contributed by atoms with van der Waals surface area (Å²) in [6.07, 6.45) is 9.06. The number of fused-ring (bicyclic) bond motifs is 1. The molecule has 7 rings (SSSR count). The summed E-state index contributed by atoms with van der Waals surface area (Å²) in [5.41, 5.74) is 5.49. The van der Waals surface area contributed by atoms with E-state index in [1.165, 1.54) is 0 Å². The molecule has 1 heterocycles. The molecule has 0 radical (unpaired) electrons. The van der Waals surface area contributed by atoms with Crippen molar-refractivity contribution in [3.05, 3.63) is 0 Å². The van der Waals surface area contributed by atoms with Gasteiger partial charge in [-0.05, 0) is 94.4 Å². The van der Waals surface area contributed by atoms with Crippen molar-refractivity contribution in [3.8, 4) is 6.07 Å². The van der Waals surface area contributed by atoms with Gasteiger partial charge in [0, 0.05) is 6.04 Å². The lowest BCUT2D eigenvalue weighted by atomic mass is 9.46. The first-order chi connectivity index (χ1) is 14.3. The normalized spacial score (nSPS) is 47.4. The lowest BCUT2D eigenvalue weighted by Gasteiger charge is -2.62. The molecule has 7 aliphatic rings. The predicted octanol–water partition coefficient (Wildman–Crippen LogP) is 1.46. The zero-order valence-corrected chi connectivity index (χ0v) is 17.7. The fraction of sp³-hybridized carbons (Fsp3) is 0.870. The number of likely N-dealkylation sites (N-methyl/N-ethyl adjacent to an activating group) is 1. The molecule has 6 aliphatic carbocycles. The molecule has 8 atom stereocenters. The van der Waals surface area contributed by atoms with Crippen molar-refractivity contribution < 1.29 is 14.3 Å². The Balaban J connectivity index is 1.26. The Kier molecular flexibility index (Phi) is 3.80. The Hall–Kier alpha value is -1.65. The fourth-order valence-electron chi connectivity index (χ4n) is 8.02. The van der Waals surface area contributed by atoms with Gasteiger partial charge in [-0.25, -0.2) is 0 Å². The minimum atomic E-state index is -0.601. The topological polar surface area (TPSA) is 108 Å². The smallest absolute Gasteiger partial charge is 0.326 e. The standard InChI is InChI=1S/C23H32N4O3/c1-26-23(2-3-23)20(29)30-22-9-13-4-14(10-22)8-21(7-13,12-22)18(25)19(28)27-16(11-24)5-15-6-17(15)27/h13-18,26H,2-10,12,25H2,1H3/t13-,14?,15?,16-,17?,18+,21?,22?/m0/s1. The molecule has 30 heavy (non-hydrogen) atoms. The first-order valence-corrected chi connectivity index (χ1v) is 11.7. The van der Waals surface area contributed by atoms with Crippen LogP contribution in [0, 0.1) is 34.5 Å². The number of carbonyl (C=O) groups is 2. The van der Waals surface area contributed by atoms with Gasteiger partial charge in [0.05, 0.1) is 12.1 Å². The molecule has 7 fully saturated rings. The van der Waals surface area contributed by atoms with E-state index in [1.807, 2.05) is 11.9 Å². The van der Waals surface area contributed by atoms with Gasteiger partial charge in [-0.2, -0.15) is 5.26 Å². The van der Waals surface area contributed by atoms with Crippen molar-refractivity contribution >= 4 is 11.9 Å². The Morgan fingerprint density at radius 1 is 1.17 bits per heavy atom. The van der Waals surface area contributed by atoms with Gasteiger partial charge in [0.25, 0.3) is 0 Å². The SMILES string of the molecule is CNC1(C(=O)OC23CC4C[C@H](C2)CC([C@H](N)C(=O)N2C5CC5C[C@H]2C#N)(C4)C3)CC1. The molecule has 1 aliphatic heterocycles. The van der Waals surface area contributed by atoms with Crippen LogP contribution in [0.2, 0.25) is 0 Å². The number of esters is 1. The number of rotatable bonds is 5. The van der Waals surface area contributed by atoms with Gasteiger partial charge in [0.1, 0.15) is 17.2 Å². The van der Waals surface area contributed by atoms with Crippen LogP contribution in [0.4, 0.5) is 0 Å². The van der Waals surface area contributed by atoms with Gasteiger partial charge in [-0.3, -0.25) is 9.59 Å². The monoisotopic (exact) mass is 412 g/mol. The minimum absolute atomic E-state index is 0.0381. The summed E-state index contributed by atoms with van der Waals surface area (Å²) in [5.74, 6) is 1.28. The summed E-state index contributed by atoms with van der Waals surface area (Å²) in [6.45, 7) is 0. The second-order valence-corrected chi connectivity index (χ2v) is 11.4. The highest BCUT2D eigenvalue weighted by Crippen LogP contribution is 2.64. The van der Waals surface area contributed by atoms with Gasteiger partial charge >= 0.3 is 5.97 Å². The zero-order chi connectivity index (χ0) is 20.9. The molecule has 1 saturated heterocycles. The maximum Gasteiger partial charge on any atom is 0.326 e. The predicted molar refractivity (Wildman–Crippen MR) is 108 cm³/mol. The van der Waals surface area contributed by atoms with Crippen LogP contribution in [-0.4, -0.2) is 53.1 Å². The number of amides is 1. The molecular weight excluding hydrogens is 380 g/mol. The minimum Gasteiger partial charge on any atom is -0.458 e. The molecule has 6 saturated carbocycles. The van der Waals surface area contributed by atoms with Crippen LogP contribution in [0.25, 0.3) is 0 Å². The van der Waals surface area contributed by atoms with E-state index >= 15 is 0 Å². The summed E-state index contributed by atoms with van der Waals surface area (Å²) in [4.78, 5) is 28.3. The van der Waals surface area contributed by atoms with Gasteiger partial charge in [0.2, 0.25) is 5.91 Å². The average Bonchev–Trinajstić information content (AvgIpc) is 3.62. The summed E-state index contributed by atoms with van der Waals surface area (Å²) < 4.78 is 6.29. The molecular formula is C23H32N4O3. The maximum absolute atomic E-state index is 13.5. The highest BCUT2D eigenvalue weighted by Gasteiger charge is 2.65. The summed E-state index contributed by atoms with van der Waals surface area (Å²) in [7, 11) is 1.83. The Bertz CT molecular complexity index is 832. The van der Waals surface area contributed by atoms with Gasteiger partial charge in [-0.15, -0.1) is 0 Å².